The summed E-state index contributed by atoms with van der Waals surface area (Å²) in [5, 5.41) is 5.64. The van der Waals surface area contributed by atoms with Gasteiger partial charge in [0.15, 0.2) is 0 Å². The Hall–Kier alpha value is -3.77. The van der Waals surface area contributed by atoms with E-state index in [9.17, 15) is 0 Å². The van der Waals surface area contributed by atoms with E-state index in [0.29, 0.717) is 0 Å². The minimum absolute atomic E-state index is 0.877. The highest BCUT2D eigenvalue weighted by molar-refractivity contribution is 6.07. The Kier molecular flexibility index (Phi) is 4.35. The molecule has 1 aliphatic rings. The molecule has 1 aliphatic heterocycles. The van der Waals surface area contributed by atoms with E-state index in [1.54, 1.807) is 6.20 Å². The topological polar surface area (TPSA) is 69.7 Å². The number of anilines is 1. The zero-order valence-electron chi connectivity index (χ0n) is 17.0. The molecule has 6 nitrogen and oxygen atoms in total. The second-order valence-corrected chi connectivity index (χ2v) is 7.89. The van der Waals surface area contributed by atoms with Gasteiger partial charge in [0.2, 0.25) is 0 Å². The number of aromatic nitrogens is 4. The lowest BCUT2D eigenvalue weighted by atomic mass is 10.0. The SMILES string of the molecule is c1cncc(-c2cc3c(cn2)[nH]c2ncc(-c4cccc(N5CCNCC5)c4)cc23)c1. The summed E-state index contributed by atoms with van der Waals surface area (Å²) in [6.07, 6.45) is 7.45. The number of H-pyrrole nitrogens is 1. The molecule has 4 aromatic heterocycles. The van der Waals surface area contributed by atoms with Crippen LogP contribution in [0.1, 0.15) is 0 Å². The van der Waals surface area contributed by atoms with Crippen LogP contribution < -0.4 is 10.2 Å². The Morgan fingerprint density at radius 3 is 2.55 bits per heavy atom. The van der Waals surface area contributed by atoms with Crippen LogP contribution in [0.4, 0.5) is 5.69 Å². The standard InChI is InChI=1S/C25H22N6/c1-3-17(11-20(5-1)31-9-7-26-8-10-31)19-12-22-21-13-23(18-4-2-6-27-14-18)28-16-24(21)30-25(22)29-15-19/h1-6,11-16,26H,7-10H2,(H,29,30). The number of fused-ring (bicyclic) bond motifs is 3. The molecule has 1 aromatic carbocycles. The second-order valence-electron chi connectivity index (χ2n) is 7.89. The van der Waals surface area contributed by atoms with E-state index in [2.05, 4.69) is 61.6 Å². The van der Waals surface area contributed by atoms with E-state index in [-0.39, 0.29) is 0 Å². The second kappa shape index (κ2) is 7.49. The molecule has 5 heterocycles. The maximum atomic E-state index is 4.72. The average Bonchev–Trinajstić information content (AvgIpc) is 3.22. The number of benzene rings is 1. The summed E-state index contributed by atoms with van der Waals surface area (Å²) in [6, 6.07) is 17.1. The molecule has 0 unspecified atom stereocenters. The van der Waals surface area contributed by atoms with Crippen molar-refractivity contribution >= 4 is 27.6 Å². The van der Waals surface area contributed by atoms with Crippen molar-refractivity contribution in [3.63, 3.8) is 0 Å². The molecule has 5 aromatic rings. The highest BCUT2D eigenvalue weighted by Crippen LogP contribution is 2.31. The predicted molar refractivity (Wildman–Crippen MR) is 125 cm³/mol. The van der Waals surface area contributed by atoms with Gasteiger partial charge < -0.3 is 15.2 Å². The Morgan fingerprint density at radius 2 is 1.68 bits per heavy atom. The molecule has 0 spiro atoms. The lowest BCUT2D eigenvalue weighted by molar-refractivity contribution is 0.589. The minimum Gasteiger partial charge on any atom is -0.369 e. The normalized spacial score (nSPS) is 14.4. The number of piperazine rings is 1. The zero-order chi connectivity index (χ0) is 20.6. The lowest BCUT2D eigenvalue weighted by Crippen LogP contribution is -2.43. The molecule has 0 amide bonds. The van der Waals surface area contributed by atoms with E-state index in [1.807, 2.05) is 30.7 Å². The Bertz CT molecular complexity index is 1370. The number of hydrogen-bond acceptors (Lipinski definition) is 5. The fourth-order valence-electron chi connectivity index (χ4n) is 4.31. The summed E-state index contributed by atoms with van der Waals surface area (Å²) < 4.78 is 0. The molecule has 1 saturated heterocycles. The van der Waals surface area contributed by atoms with Gasteiger partial charge in [-0.05, 0) is 42.0 Å². The van der Waals surface area contributed by atoms with Gasteiger partial charge in [-0.2, -0.15) is 0 Å². The third-order valence-electron chi connectivity index (χ3n) is 5.95. The van der Waals surface area contributed by atoms with Crippen molar-refractivity contribution in [1.82, 2.24) is 25.3 Å². The third kappa shape index (κ3) is 3.31. The first kappa shape index (κ1) is 18.0. The van der Waals surface area contributed by atoms with Crippen molar-refractivity contribution < 1.29 is 0 Å². The summed E-state index contributed by atoms with van der Waals surface area (Å²) in [4.78, 5) is 19.4. The van der Waals surface area contributed by atoms with Gasteiger partial charge in [0.1, 0.15) is 5.65 Å². The Balaban J connectivity index is 1.44. The molecule has 6 rings (SSSR count). The first-order valence-corrected chi connectivity index (χ1v) is 10.6. The van der Waals surface area contributed by atoms with Crippen LogP contribution in [-0.2, 0) is 0 Å². The maximum Gasteiger partial charge on any atom is 0.138 e. The molecule has 2 N–H and O–H groups in total. The van der Waals surface area contributed by atoms with Crippen molar-refractivity contribution in [1.29, 1.82) is 0 Å². The molecule has 0 atom stereocenters. The number of rotatable bonds is 3. The third-order valence-corrected chi connectivity index (χ3v) is 5.95. The van der Waals surface area contributed by atoms with E-state index in [4.69, 9.17) is 4.98 Å². The predicted octanol–water partition coefficient (Wildman–Crippen LogP) is 4.25. The van der Waals surface area contributed by atoms with E-state index in [1.165, 1.54) is 11.3 Å². The molecule has 0 saturated carbocycles. The van der Waals surface area contributed by atoms with Crippen molar-refractivity contribution in [3.05, 3.63) is 73.3 Å². The van der Waals surface area contributed by atoms with Crippen LogP contribution in [0.15, 0.2) is 73.3 Å². The summed E-state index contributed by atoms with van der Waals surface area (Å²) in [7, 11) is 0. The van der Waals surface area contributed by atoms with Gasteiger partial charge in [0.05, 0.1) is 17.4 Å². The summed E-state index contributed by atoms with van der Waals surface area (Å²) in [5.41, 5.74) is 7.34. The minimum atomic E-state index is 0.877. The van der Waals surface area contributed by atoms with Gasteiger partial charge in [-0.25, -0.2) is 4.98 Å². The van der Waals surface area contributed by atoms with Crippen molar-refractivity contribution in [3.8, 4) is 22.4 Å². The maximum absolute atomic E-state index is 4.72. The van der Waals surface area contributed by atoms with Crippen LogP contribution in [-0.4, -0.2) is 46.1 Å². The van der Waals surface area contributed by atoms with E-state index < -0.39 is 0 Å². The van der Waals surface area contributed by atoms with E-state index >= 15 is 0 Å². The van der Waals surface area contributed by atoms with Crippen molar-refractivity contribution in [2.24, 2.45) is 0 Å². The average molecular weight is 406 g/mol. The number of hydrogen-bond donors (Lipinski definition) is 2. The zero-order valence-corrected chi connectivity index (χ0v) is 17.0. The monoisotopic (exact) mass is 406 g/mol. The highest BCUT2D eigenvalue weighted by Gasteiger charge is 2.13. The molecule has 0 bridgehead atoms. The fraction of sp³-hybridized carbons (Fsp3) is 0.160. The number of nitrogens with one attached hydrogen (secondary N) is 2. The van der Waals surface area contributed by atoms with Gasteiger partial charge >= 0.3 is 0 Å². The molecule has 0 radical (unpaired) electrons. The van der Waals surface area contributed by atoms with Crippen LogP contribution >= 0.6 is 0 Å². The van der Waals surface area contributed by atoms with Gasteiger partial charge in [0.25, 0.3) is 0 Å². The Labute approximate surface area is 180 Å². The molecule has 6 heteroatoms. The summed E-state index contributed by atoms with van der Waals surface area (Å²) in [6.45, 7) is 4.13. The number of nitrogens with zero attached hydrogens (tertiary/aromatic N) is 4. The van der Waals surface area contributed by atoms with Crippen LogP contribution in [0.2, 0.25) is 0 Å². The van der Waals surface area contributed by atoms with Gasteiger partial charge in [-0.15, -0.1) is 0 Å². The quantitative estimate of drug-likeness (QED) is 0.469. The lowest BCUT2D eigenvalue weighted by Gasteiger charge is -2.29. The van der Waals surface area contributed by atoms with Crippen LogP contribution in [0.25, 0.3) is 44.3 Å². The van der Waals surface area contributed by atoms with Gasteiger partial charge in [-0.3, -0.25) is 9.97 Å². The molecular weight excluding hydrogens is 384 g/mol. The highest BCUT2D eigenvalue weighted by atomic mass is 15.2. The summed E-state index contributed by atoms with van der Waals surface area (Å²) >= 11 is 0. The summed E-state index contributed by atoms with van der Waals surface area (Å²) in [5.74, 6) is 0. The molecule has 152 valence electrons. The number of aromatic amines is 1. The Morgan fingerprint density at radius 1 is 0.774 bits per heavy atom. The molecule has 0 aliphatic carbocycles. The smallest absolute Gasteiger partial charge is 0.138 e. The molecule has 31 heavy (non-hydrogen) atoms. The van der Waals surface area contributed by atoms with Gasteiger partial charge in [0, 0.05) is 72.4 Å². The van der Waals surface area contributed by atoms with E-state index in [0.717, 1.165) is 64.9 Å². The first-order chi connectivity index (χ1) is 15.3. The number of pyridine rings is 3. The van der Waals surface area contributed by atoms with Gasteiger partial charge in [-0.1, -0.05) is 12.1 Å². The largest absolute Gasteiger partial charge is 0.369 e. The van der Waals surface area contributed by atoms with Crippen LogP contribution in [0, 0.1) is 0 Å². The molecule has 1 fully saturated rings. The first-order valence-electron chi connectivity index (χ1n) is 10.6. The van der Waals surface area contributed by atoms with Crippen LogP contribution in [0.3, 0.4) is 0 Å². The van der Waals surface area contributed by atoms with Crippen molar-refractivity contribution in [2.75, 3.05) is 31.1 Å². The van der Waals surface area contributed by atoms with Crippen LogP contribution in [0.5, 0.6) is 0 Å². The fourth-order valence-corrected chi connectivity index (χ4v) is 4.31. The van der Waals surface area contributed by atoms with Crippen molar-refractivity contribution in [2.45, 2.75) is 0 Å². The molecular formula is C25H22N6.